The number of hydrogen-bond donors (Lipinski definition) is 0. The van der Waals surface area contributed by atoms with Gasteiger partial charge in [0.2, 0.25) is 0 Å². The molecule has 0 radical (unpaired) electrons. The Morgan fingerprint density at radius 2 is 1.55 bits per heavy atom. The van der Waals surface area contributed by atoms with Crippen molar-refractivity contribution in [2.75, 3.05) is 0 Å². The Morgan fingerprint density at radius 3 is 2.23 bits per heavy atom. The van der Waals surface area contributed by atoms with Crippen LogP contribution >= 0.6 is 11.6 Å². The number of alkyl halides is 3. The van der Waals surface area contributed by atoms with Crippen LogP contribution in [0.15, 0.2) is 89.9 Å². The zero-order valence-electron chi connectivity index (χ0n) is 15.8. The van der Waals surface area contributed by atoms with E-state index >= 15 is 0 Å². The third-order valence-corrected chi connectivity index (χ3v) is 4.62. The highest BCUT2D eigenvalue weighted by Crippen LogP contribution is 2.30. The van der Waals surface area contributed by atoms with Crippen LogP contribution in [0.1, 0.15) is 5.56 Å². The molecule has 0 amide bonds. The van der Waals surface area contributed by atoms with E-state index in [9.17, 15) is 18.0 Å². The van der Waals surface area contributed by atoms with E-state index in [0.717, 1.165) is 16.7 Å². The molecule has 0 N–H and O–H groups in total. The van der Waals surface area contributed by atoms with E-state index in [4.69, 9.17) is 16.3 Å². The van der Waals surface area contributed by atoms with E-state index < -0.39 is 17.3 Å². The first-order valence-electron chi connectivity index (χ1n) is 9.11. The van der Waals surface area contributed by atoms with Crippen LogP contribution in [0, 0.1) is 0 Å². The number of ether oxygens (including phenoxy) is 1. The van der Waals surface area contributed by atoms with E-state index in [1.165, 1.54) is 18.3 Å². The molecule has 31 heavy (non-hydrogen) atoms. The Morgan fingerprint density at radius 1 is 0.871 bits per heavy atom. The second-order valence-electron chi connectivity index (χ2n) is 6.57. The number of halogens is 4. The van der Waals surface area contributed by atoms with E-state index in [0.29, 0.717) is 17.1 Å². The zero-order valence-corrected chi connectivity index (χ0v) is 16.6. The van der Waals surface area contributed by atoms with Crippen LogP contribution in [-0.4, -0.2) is 9.55 Å². The average molecular weight is 443 g/mol. The van der Waals surface area contributed by atoms with Gasteiger partial charge in [-0.3, -0.25) is 9.36 Å². The maximum atomic E-state index is 13.1. The van der Waals surface area contributed by atoms with Gasteiger partial charge >= 0.3 is 6.18 Å². The van der Waals surface area contributed by atoms with Crippen molar-refractivity contribution < 1.29 is 17.9 Å². The highest BCUT2D eigenvalue weighted by molar-refractivity contribution is 6.29. The van der Waals surface area contributed by atoms with Crippen molar-refractivity contribution in [1.82, 2.24) is 9.55 Å². The molecule has 0 unspecified atom stereocenters. The third-order valence-electron chi connectivity index (χ3n) is 4.43. The van der Waals surface area contributed by atoms with Gasteiger partial charge in [-0.2, -0.15) is 13.2 Å². The molecule has 3 aromatic carbocycles. The minimum atomic E-state index is -4.53. The molecular weight excluding hydrogens is 429 g/mol. The molecular formula is C23H14ClF3N2O2. The van der Waals surface area contributed by atoms with Crippen molar-refractivity contribution in [3.8, 4) is 28.4 Å². The van der Waals surface area contributed by atoms with Crippen molar-refractivity contribution in [1.29, 1.82) is 0 Å². The second kappa shape index (κ2) is 8.28. The van der Waals surface area contributed by atoms with Crippen molar-refractivity contribution in [3.63, 3.8) is 0 Å². The number of benzene rings is 3. The van der Waals surface area contributed by atoms with Gasteiger partial charge in [0.05, 0.1) is 11.8 Å². The van der Waals surface area contributed by atoms with Gasteiger partial charge in [-0.25, -0.2) is 4.98 Å². The van der Waals surface area contributed by atoms with Crippen LogP contribution in [0.2, 0.25) is 5.15 Å². The summed E-state index contributed by atoms with van der Waals surface area (Å²) in [6.07, 6.45) is -3.34. The molecule has 0 saturated carbocycles. The predicted octanol–water partition coefficient (Wildman–Crippen LogP) is 6.36. The number of hydrogen-bond acceptors (Lipinski definition) is 3. The smallest absolute Gasteiger partial charge is 0.416 e. The maximum absolute atomic E-state index is 13.1. The van der Waals surface area contributed by atoms with Gasteiger partial charge in [-0.15, -0.1) is 0 Å². The van der Waals surface area contributed by atoms with Gasteiger partial charge in [-0.1, -0.05) is 35.9 Å². The highest BCUT2D eigenvalue weighted by atomic mass is 35.5. The fraction of sp³-hybridized carbons (Fsp3) is 0.0435. The summed E-state index contributed by atoms with van der Waals surface area (Å²) in [4.78, 5) is 17.1. The minimum Gasteiger partial charge on any atom is -0.457 e. The standard InChI is InChI=1S/C23H14ClF3N2O2/c24-20-14-29(17-6-4-5-16(13-17)23(25,26)27)22(30)21(28-20)15-9-11-19(12-10-15)31-18-7-2-1-3-8-18/h1-14H. The van der Waals surface area contributed by atoms with Gasteiger partial charge in [0, 0.05) is 11.3 Å². The molecule has 4 rings (SSSR count). The summed E-state index contributed by atoms with van der Waals surface area (Å²) >= 11 is 6.07. The lowest BCUT2D eigenvalue weighted by atomic mass is 10.1. The van der Waals surface area contributed by atoms with E-state index in [2.05, 4.69) is 4.98 Å². The molecule has 0 aliphatic carbocycles. The monoisotopic (exact) mass is 442 g/mol. The SMILES string of the molecule is O=c1c(-c2ccc(Oc3ccccc3)cc2)nc(Cl)cn1-c1cccc(C(F)(F)F)c1. The third kappa shape index (κ3) is 4.62. The lowest BCUT2D eigenvalue weighted by Crippen LogP contribution is -2.21. The number of rotatable bonds is 4. The van der Waals surface area contributed by atoms with E-state index in [1.807, 2.05) is 18.2 Å². The number of nitrogens with zero attached hydrogens (tertiary/aromatic N) is 2. The van der Waals surface area contributed by atoms with Gasteiger partial charge in [0.15, 0.2) is 0 Å². The average Bonchev–Trinajstić information content (AvgIpc) is 2.76. The Balaban J connectivity index is 1.71. The molecule has 0 fully saturated rings. The summed E-state index contributed by atoms with van der Waals surface area (Å²) in [7, 11) is 0. The molecule has 0 spiro atoms. The van der Waals surface area contributed by atoms with Crippen LogP contribution in [-0.2, 0) is 6.18 Å². The summed E-state index contributed by atoms with van der Waals surface area (Å²) in [6, 6.07) is 20.2. The van der Waals surface area contributed by atoms with E-state index in [1.54, 1.807) is 36.4 Å². The van der Waals surface area contributed by atoms with Crippen LogP contribution in [0.4, 0.5) is 13.2 Å². The lowest BCUT2D eigenvalue weighted by Gasteiger charge is -2.12. The van der Waals surface area contributed by atoms with Crippen molar-refractivity contribution >= 4 is 11.6 Å². The molecule has 1 aromatic heterocycles. The first-order valence-corrected chi connectivity index (χ1v) is 9.49. The molecule has 0 saturated heterocycles. The van der Waals surface area contributed by atoms with Crippen molar-refractivity contribution in [3.05, 3.63) is 106 Å². The van der Waals surface area contributed by atoms with Gasteiger partial charge in [0.25, 0.3) is 5.56 Å². The Bertz CT molecular complexity index is 1270. The van der Waals surface area contributed by atoms with Gasteiger partial charge in [-0.05, 0) is 54.6 Å². The summed E-state index contributed by atoms with van der Waals surface area (Å²) < 4.78 is 46.0. The highest BCUT2D eigenvalue weighted by Gasteiger charge is 2.30. The van der Waals surface area contributed by atoms with Crippen molar-refractivity contribution in [2.24, 2.45) is 0 Å². The quantitative estimate of drug-likeness (QED) is 0.369. The fourth-order valence-corrected chi connectivity index (χ4v) is 3.16. The predicted molar refractivity (Wildman–Crippen MR) is 112 cm³/mol. The fourth-order valence-electron chi connectivity index (χ4n) is 2.98. The van der Waals surface area contributed by atoms with Gasteiger partial charge < -0.3 is 4.74 Å². The van der Waals surface area contributed by atoms with Crippen LogP contribution in [0.5, 0.6) is 11.5 Å². The van der Waals surface area contributed by atoms with Crippen molar-refractivity contribution in [2.45, 2.75) is 6.18 Å². The summed E-state index contributed by atoms with van der Waals surface area (Å²) in [6.45, 7) is 0. The molecule has 0 atom stereocenters. The first-order chi connectivity index (χ1) is 14.8. The van der Waals surface area contributed by atoms with Gasteiger partial charge in [0.1, 0.15) is 22.3 Å². The summed E-state index contributed by atoms with van der Waals surface area (Å²) in [5, 5.41) is -0.0309. The van der Waals surface area contributed by atoms with Crippen LogP contribution in [0.3, 0.4) is 0 Å². The second-order valence-corrected chi connectivity index (χ2v) is 6.96. The Labute approximate surface area is 180 Å². The lowest BCUT2D eigenvalue weighted by molar-refractivity contribution is -0.137. The summed E-state index contributed by atoms with van der Waals surface area (Å²) in [5.74, 6) is 1.21. The molecule has 4 aromatic rings. The number of aromatic nitrogens is 2. The molecule has 0 aliphatic heterocycles. The summed E-state index contributed by atoms with van der Waals surface area (Å²) in [5.41, 5.74) is -0.964. The molecule has 8 heteroatoms. The molecule has 0 bridgehead atoms. The Kier molecular flexibility index (Phi) is 5.52. The number of para-hydroxylation sites is 1. The molecule has 0 aliphatic rings. The largest absolute Gasteiger partial charge is 0.457 e. The maximum Gasteiger partial charge on any atom is 0.416 e. The zero-order chi connectivity index (χ0) is 22.0. The molecule has 1 heterocycles. The topological polar surface area (TPSA) is 44.1 Å². The minimum absolute atomic E-state index is 0.0103. The first kappa shape index (κ1) is 20.7. The van der Waals surface area contributed by atoms with E-state index in [-0.39, 0.29) is 16.5 Å². The van der Waals surface area contributed by atoms with Crippen LogP contribution in [0.25, 0.3) is 16.9 Å². The molecule has 156 valence electrons. The normalized spacial score (nSPS) is 11.4. The molecule has 4 nitrogen and oxygen atoms in total. The Hall–Kier alpha value is -3.58. The van der Waals surface area contributed by atoms with Crippen LogP contribution < -0.4 is 10.3 Å².